The Balaban J connectivity index is 1.93. The number of aromatic nitrogens is 1. The Labute approximate surface area is 141 Å². The Hall–Kier alpha value is -2.95. The lowest BCUT2D eigenvalue weighted by Crippen LogP contribution is -2.15. The van der Waals surface area contributed by atoms with Crippen LogP contribution in [0.1, 0.15) is 23.6 Å². The molecule has 1 aromatic heterocycles. The fourth-order valence-electron chi connectivity index (χ4n) is 2.11. The predicted octanol–water partition coefficient (Wildman–Crippen LogP) is 3.15. The SMILES string of the molecule is CCOC(=O)/C=C/c1ccc(NC(=O)Cc2ccncc2C)cc1. The number of carbonyl (C=O) groups excluding carboxylic acids is 2. The molecule has 0 unspecified atom stereocenters. The van der Waals surface area contributed by atoms with E-state index < -0.39 is 0 Å². The van der Waals surface area contributed by atoms with E-state index in [1.165, 1.54) is 6.08 Å². The Morgan fingerprint density at radius 2 is 1.96 bits per heavy atom. The molecular weight excluding hydrogens is 304 g/mol. The molecule has 2 rings (SSSR count). The molecule has 0 spiro atoms. The second-order valence-electron chi connectivity index (χ2n) is 5.23. The number of carbonyl (C=O) groups is 2. The molecule has 0 atom stereocenters. The van der Waals surface area contributed by atoms with Crippen LogP contribution >= 0.6 is 0 Å². The van der Waals surface area contributed by atoms with Crippen LogP contribution in [0.2, 0.25) is 0 Å². The first-order chi connectivity index (χ1) is 11.6. The minimum absolute atomic E-state index is 0.0842. The molecule has 1 N–H and O–H groups in total. The lowest BCUT2D eigenvalue weighted by atomic mass is 10.1. The van der Waals surface area contributed by atoms with Gasteiger partial charge in [0.15, 0.2) is 0 Å². The molecule has 0 aliphatic carbocycles. The van der Waals surface area contributed by atoms with Crippen LogP contribution in [-0.2, 0) is 20.7 Å². The van der Waals surface area contributed by atoms with Crippen molar-refractivity contribution in [2.24, 2.45) is 0 Å². The van der Waals surface area contributed by atoms with Crippen molar-refractivity contribution in [1.29, 1.82) is 0 Å². The summed E-state index contributed by atoms with van der Waals surface area (Å²) in [6.45, 7) is 4.04. The molecule has 1 aromatic carbocycles. The fraction of sp³-hybridized carbons (Fsp3) is 0.211. The number of esters is 1. The van der Waals surface area contributed by atoms with Gasteiger partial charge in [0.1, 0.15) is 0 Å². The molecular formula is C19H20N2O3. The highest BCUT2D eigenvalue weighted by Gasteiger charge is 2.06. The number of hydrogen-bond donors (Lipinski definition) is 1. The zero-order valence-electron chi connectivity index (χ0n) is 13.8. The monoisotopic (exact) mass is 324 g/mol. The first-order valence-electron chi connectivity index (χ1n) is 7.72. The van der Waals surface area contributed by atoms with Crippen LogP contribution < -0.4 is 5.32 Å². The third-order valence-electron chi connectivity index (χ3n) is 3.38. The maximum atomic E-state index is 12.1. The van der Waals surface area contributed by atoms with Gasteiger partial charge in [-0.2, -0.15) is 0 Å². The van der Waals surface area contributed by atoms with E-state index in [0.717, 1.165) is 16.7 Å². The van der Waals surface area contributed by atoms with Gasteiger partial charge in [-0.05, 0) is 54.8 Å². The summed E-state index contributed by atoms with van der Waals surface area (Å²) in [5.74, 6) is -0.457. The average Bonchev–Trinajstić information content (AvgIpc) is 2.57. The molecule has 0 saturated heterocycles. The zero-order valence-corrected chi connectivity index (χ0v) is 13.8. The second-order valence-corrected chi connectivity index (χ2v) is 5.23. The maximum Gasteiger partial charge on any atom is 0.330 e. The number of hydrogen-bond acceptors (Lipinski definition) is 4. The number of anilines is 1. The normalized spacial score (nSPS) is 10.6. The van der Waals surface area contributed by atoms with Crippen LogP contribution in [0.15, 0.2) is 48.8 Å². The van der Waals surface area contributed by atoms with Crippen LogP contribution in [0.5, 0.6) is 0 Å². The molecule has 0 bridgehead atoms. The first-order valence-corrected chi connectivity index (χ1v) is 7.72. The third-order valence-corrected chi connectivity index (χ3v) is 3.38. The molecule has 1 amide bonds. The number of pyridine rings is 1. The summed E-state index contributed by atoms with van der Waals surface area (Å²) in [6.07, 6.45) is 6.78. The molecule has 0 aliphatic heterocycles. The van der Waals surface area contributed by atoms with E-state index in [1.807, 2.05) is 25.1 Å². The maximum absolute atomic E-state index is 12.1. The Morgan fingerprint density at radius 3 is 2.62 bits per heavy atom. The molecule has 0 radical (unpaired) electrons. The van der Waals surface area contributed by atoms with Crippen molar-refractivity contribution in [3.05, 3.63) is 65.5 Å². The molecule has 1 heterocycles. The largest absolute Gasteiger partial charge is 0.463 e. The summed E-state index contributed by atoms with van der Waals surface area (Å²) in [7, 11) is 0. The predicted molar refractivity (Wildman–Crippen MR) is 93.4 cm³/mol. The second kappa shape index (κ2) is 8.62. The molecule has 2 aromatic rings. The smallest absolute Gasteiger partial charge is 0.330 e. The Bertz CT molecular complexity index is 737. The van der Waals surface area contributed by atoms with Gasteiger partial charge in [0, 0.05) is 24.2 Å². The molecule has 0 fully saturated rings. The van der Waals surface area contributed by atoms with Gasteiger partial charge in [0.2, 0.25) is 5.91 Å². The molecule has 24 heavy (non-hydrogen) atoms. The van der Waals surface area contributed by atoms with Crippen LogP contribution in [0.4, 0.5) is 5.69 Å². The van der Waals surface area contributed by atoms with Gasteiger partial charge in [-0.3, -0.25) is 9.78 Å². The minimum Gasteiger partial charge on any atom is -0.463 e. The number of amides is 1. The number of aryl methyl sites for hydroxylation is 1. The highest BCUT2D eigenvalue weighted by Crippen LogP contribution is 2.12. The van der Waals surface area contributed by atoms with Crippen LogP contribution in [0.3, 0.4) is 0 Å². The van der Waals surface area contributed by atoms with Crippen molar-refractivity contribution in [2.45, 2.75) is 20.3 Å². The van der Waals surface area contributed by atoms with E-state index in [0.29, 0.717) is 18.7 Å². The van der Waals surface area contributed by atoms with Crippen molar-refractivity contribution in [1.82, 2.24) is 4.98 Å². The van der Waals surface area contributed by atoms with E-state index in [4.69, 9.17) is 4.74 Å². The number of nitrogens with one attached hydrogen (secondary N) is 1. The summed E-state index contributed by atoms with van der Waals surface area (Å²) in [5, 5.41) is 2.85. The van der Waals surface area contributed by atoms with E-state index in [1.54, 1.807) is 37.5 Å². The topological polar surface area (TPSA) is 68.3 Å². The lowest BCUT2D eigenvalue weighted by Gasteiger charge is -2.07. The quantitative estimate of drug-likeness (QED) is 0.655. The van der Waals surface area contributed by atoms with E-state index >= 15 is 0 Å². The van der Waals surface area contributed by atoms with Gasteiger partial charge >= 0.3 is 5.97 Å². The molecule has 0 aliphatic rings. The number of nitrogens with zero attached hydrogens (tertiary/aromatic N) is 1. The zero-order chi connectivity index (χ0) is 17.4. The van der Waals surface area contributed by atoms with Crippen molar-refractivity contribution in [3.63, 3.8) is 0 Å². The van der Waals surface area contributed by atoms with Crippen molar-refractivity contribution in [2.75, 3.05) is 11.9 Å². The van der Waals surface area contributed by atoms with E-state index in [-0.39, 0.29) is 11.9 Å². The summed E-state index contributed by atoms with van der Waals surface area (Å²) < 4.78 is 4.82. The fourth-order valence-corrected chi connectivity index (χ4v) is 2.11. The highest BCUT2D eigenvalue weighted by atomic mass is 16.5. The molecule has 0 saturated carbocycles. The highest BCUT2D eigenvalue weighted by molar-refractivity contribution is 5.92. The Kier molecular flexibility index (Phi) is 6.25. The van der Waals surface area contributed by atoms with Crippen LogP contribution in [-0.4, -0.2) is 23.5 Å². The summed E-state index contributed by atoms with van der Waals surface area (Å²) in [6, 6.07) is 9.08. The summed E-state index contributed by atoms with van der Waals surface area (Å²) in [4.78, 5) is 27.4. The molecule has 5 heteroatoms. The van der Waals surface area contributed by atoms with Gasteiger partial charge in [-0.1, -0.05) is 12.1 Å². The summed E-state index contributed by atoms with van der Waals surface area (Å²) in [5.41, 5.74) is 3.51. The third kappa shape index (κ3) is 5.35. The van der Waals surface area contributed by atoms with Crippen molar-refractivity contribution in [3.8, 4) is 0 Å². The molecule has 124 valence electrons. The van der Waals surface area contributed by atoms with Crippen LogP contribution in [0.25, 0.3) is 6.08 Å². The van der Waals surface area contributed by atoms with Gasteiger partial charge < -0.3 is 10.1 Å². The average molecular weight is 324 g/mol. The summed E-state index contributed by atoms with van der Waals surface area (Å²) >= 11 is 0. The lowest BCUT2D eigenvalue weighted by molar-refractivity contribution is -0.137. The van der Waals surface area contributed by atoms with Gasteiger partial charge in [-0.15, -0.1) is 0 Å². The van der Waals surface area contributed by atoms with Gasteiger partial charge in [0.25, 0.3) is 0 Å². The van der Waals surface area contributed by atoms with Gasteiger partial charge in [-0.25, -0.2) is 4.79 Å². The number of rotatable bonds is 6. The number of benzene rings is 1. The van der Waals surface area contributed by atoms with E-state index in [2.05, 4.69) is 10.3 Å². The molecule has 5 nitrogen and oxygen atoms in total. The standard InChI is InChI=1S/C19H20N2O3/c1-3-24-19(23)9-6-15-4-7-17(8-5-15)21-18(22)12-16-10-11-20-13-14(16)2/h4-11,13H,3,12H2,1-2H3,(H,21,22)/b9-6+. The van der Waals surface area contributed by atoms with Crippen molar-refractivity contribution < 1.29 is 14.3 Å². The van der Waals surface area contributed by atoms with Crippen LogP contribution in [0, 0.1) is 6.92 Å². The van der Waals surface area contributed by atoms with Crippen molar-refractivity contribution >= 4 is 23.6 Å². The minimum atomic E-state index is -0.373. The van der Waals surface area contributed by atoms with Gasteiger partial charge in [0.05, 0.1) is 13.0 Å². The Morgan fingerprint density at radius 1 is 1.21 bits per heavy atom. The first kappa shape index (κ1) is 17.4. The number of ether oxygens (including phenoxy) is 1. The van der Waals surface area contributed by atoms with E-state index in [9.17, 15) is 9.59 Å².